The fourth-order valence-electron chi connectivity index (χ4n) is 3.65. The van der Waals surface area contributed by atoms with E-state index in [9.17, 15) is 0 Å². The normalized spacial score (nSPS) is 15.6. The van der Waals surface area contributed by atoms with Crippen molar-refractivity contribution in [2.24, 2.45) is 0 Å². The Balaban J connectivity index is 1.68. The summed E-state index contributed by atoms with van der Waals surface area (Å²) in [7, 11) is 2.19. The summed E-state index contributed by atoms with van der Waals surface area (Å²) >= 11 is 0. The fourth-order valence-corrected chi connectivity index (χ4v) is 3.65. The predicted octanol–water partition coefficient (Wildman–Crippen LogP) is 4.31. The van der Waals surface area contributed by atoms with Gasteiger partial charge in [-0.25, -0.2) is 0 Å². The average molecular weight is 376 g/mol. The van der Waals surface area contributed by atoms with Gasteiger partial charge in [0.2, 0.25) is 0 Å². The van der Waals surface area contributed by atoms with Gasteiger partial charge in [-0.05, 0) is 37.2 Å². The lowest BCUT2D eigenvalue weighted by Gasteiger charge is -2.35. The van der Waals surface area contributed by atoms with Crippen molar-refractivity contribution in [1.29, 1.82) is 0 Å². The standard InChI is InChI=1S/C23H29N5/c1-3-11-24-22-16-19-20(10-9-18-7-5-4-6-8-18)25-26-21(19)17-23(22)28-14-12-27(2)13-15-28/h4-10,16-17,24H,3,11-15H2,1-2H3,(H,25,26)/b10-9+. The first-order chi connectivity index (χ1) is 13.7. The van der Waals surface area contributed by atoms with Crippen LogP contribution in [0.15, 0.2) is 42.5 Å². The van der Waals surface area contributed by atoms with Crippen LogP contribution in [0.1, 0.15) is 24.6 Å². The van der Waals surface area contributed by atoms with Crippen molar-refractivity contribution in [3.8, 4) is 0 Å². The summed E-state index contributed by atoms with van der Waals surface area (Å²) in [5.41, 5.74) is 5.72. The van der Waals surface area contributed by atoms with Crippen LogP contribution < -0.4 is 10.2 Å². The van der Waals surface area contributed by atoms with E-state index in [0.29, 0.717) is 0 Å². The number of anilines is 2. The lowest BCUT2D eigenvalue weighted by atomic mass is 10.1. The zero-order valence-corrected chi connectivity index (χ0v) is 16.8. The summed E-state index contributed by atoms with van der Waals surface area (Å²) in [6, 6.07) is 14.9. The lowest BCUT2D eigenvalue weighted by Crippen LogP contribution is -2.44. The Labute approximate surface area is 167 Å². The third-order valence-electron chi connectivity index (χ3n) is 5.35. The molecule has 1 aliphatic heterocycles. The van der Waals surface area contributed by atoms with E-state index in [-0.39, 0.29) is 0 Å². The number of rotatable bonds is 6. The SMILES string of the molecule is CCCNc1cc2c(/C=C/c3ccccc3)n[nH]c2cc1N1CCN(C)CC1. The molecule has 1 fully saturated rings. The van der Waals surface area contributed by atoms with Crippen LogP contribution in [0.2, 0.25) is 0 Å². The molecule has 146 valence electrons. The lowest BCUT2D eigenvalue weighted by molar-refractivity contribution is 0.313. The Bertz CT molecular complexity index is 936. The van der Waals surface area contributed by atoms with Gasteiger partial charge < -0.3 is 15.1 Å². The number of benzene rings is 2. The molecular weight excluding hydrogens is 346 g/mol. The molecule has 0 unspecified atom stereocenters. The van der Waals surface area contributed by atoms with Crippen molar-refractivity contribution in [3.05, 3.63) is 53.7 Å². The monoisotopic (exact) mass is 375 g/mol. The summed E-state index contributed by atoms with van der Waals surface area (Å²) < 4.78 is 0. The van der Waals surface area contributed by atoms with Crippen LogP contribution in [-0.2, 0) is 0 Å². The van der Waals surface area contributed by atoms with Gasteiger partial charge in [0.05, 0.1) is 22.6 Å². The van der Waals surface area contributed by atoms with E-state index in [2.05, 4.69) is 87.8 Å². The van der Waals surface area contributed by atoms with Crippen molar-refractivity contribution < 1.29 is 0 Å². The highest BCUT2D eigenvalue weighted by molar-refractivity contribution is 5.96. The van der Waals surface area contributed by atoms with E-state index in [1.54, 1.807) is 0 Å². The summed E-state index contributed by atoms with van der Waals surface area (Å²) in [5.74, 6) is 0. The molecule has 0 saturated carbocycles. The third-order valence-corrected chi connectivity index (χ3v) is 5.35. The zero-order chi connectivity index (χ0) is 19.3. The van der Waals surface area contributed by atoms with Gasteiger partial charge in [-0.3, -0.25) is 5.10 Å². The maximum Gasteiger partial charge on any atom is 0.0928 e. The molecular formula is C23H29N5. The summed E-state index contributed by atoms with van der Waals surface area (Å²) in [4.78, 5) is 4.87. The highest BCUT2D eigenvalue weighted by Crippen LogP contribution is 2.33. The van der Waals surface area contributed by atoms with Crippen molar-refractivity contribution in [2.75, 3.05) is 50.0 Å². The number of hydrogen-bond acceptors (Lipinski definition) is 4. The second kappa shape index (κ2) is 8.48. The van der Waals surface area contributed by atoms with E-state index in [1.807, 2.05) is 6.07 Å². The van der Waals surface area contributed by atoms with Crippen LogP contribution in [0.5, 0.6) is 0 Å². The smallest absolute Gasteiger partial charge is 0.0928 e. The maximum atomic E-state index is 4.56. The highest BCUT2D eigenvalue weighted by atomic mass is 15.3. The van der Waals surface area contributed by atoms with Gasteiger partial charge in [0.1, 0.15) is 0 Å². The second-order valence-corrected chi connectivity index (χ2v) is 7.48. The molecule has 2 heterocycles. The van der Waals surface area contributed by atoms with Crippen molar-refractivity contribution in [2.45, 2.75) is 13.3 Å². The van der Waals surface area contributed by atoms with Gasteiger partial charge in [-0.1, -0.05) is 43.3 Å². The number of aromatic amines is 1. The summed E-state index contributed by atoms with van der Waals surface area (Å²) in [6.45, 7) is 7.47. The maximum absolute atomic E-state index is 4.56. The minimum atomic E-state index is 0.972. The van der Waals surface area contributed by atoms with Gasteiger partial charge in [0.15, 0.2) is 0 Å². The third kappa shape index (κ3) is 4.04. The van der Waals surface area contributed by atoms with E-state index < -0.39 is 0 Å². The average Bonchev–Trinajstić information content (AvgIpc) is 3.13. The van der Waals surface area contributed by atoms with E-state index >= 15 is 0 Å². The molecule has 2 aromatic carbocycles. The van der Waals surface area contributed by atoms with Crippen LogP contribution in [0, 0.1) is 0 Å². The first-order valence-electron chi connectivity index (χ1n) is 10.2. The Morgan fingerprint density at radius 1 is 1.07 bits per heavy atom. The fraction of sp³-hybridized carbons (Fsp3) is 0.348. The molecule has 0 atom stereocenters. The molecule has 1 aromatic heterocycles. The number of nitrogens with one attached hydrogen (secondary N) is 2. The Morgan fingerprint density at radius 2 is 1.86 bits per heavy atom. The minimum Gasteiger partial charge on any atom is -0.383 e. The molecule has 2 N–H and O–H groups in total. The Kier molecular flexibility index (Phi) is 5.63. The molecule has 5 nitrogen and oxygen atoms in total. The number of piperazine rings is 1. The van der Waals surface area contributed by atoms with Crippen molar-refractivity contribution >= 4 is 34.4 Å². The quantitative estimate of drug-likeness (QED) is 0.674. The number of aromatic nitrogens is 2. The molecule has 4 rings (SSSR count). The van der Waals surface area contributed by atoms with E-state index in [4.69, 9.17) is 0 Å². The van der Waals surface area contributed by atoms with Gasteiger partial charge in [-0.15, -0.1) is 0 Å². The van der Waals surface area contributed by atoms with E-state index in [1.165, 1.54) is 16.9 Å². The predicted molar refractivity (Wildman–Crippen MR) is 120 cm³/mol. The molecule has 28 heavy (non-hydrogen) atoms. The Morgan fingerprint density at radius 3 is 2.61 bits per heavy atom. The number of fused-ring (bicyclic) bond motifs is 1. The molecule has 0 radical (unpaired) electrons. The van der Waals surface area contributed by atoms with Crippen molar-refractivity contribution in [1.82, 2.24) is 15.1 Å². The van der Waals surface area contributed by atoms with Crippen LogP contribution in [0.3, 0.4) is 0 Å². The molecule has 3 aromatic rings. The molecule has 0 amide bonds. The van der Waals surface area contributed by atoms with Gasteiger partial charge in [-0.2, -0.15) is 5.10 Å². The highest BCUT2D eigenvalue weighted by Gasteiger charge is 2.19. The second-order valence-electron chi connectivity index (χ2n) is 7.48. The minimum absolute atomic E-state index is 0.972. The van der Waals surface area contributed by atoms with Gasteiger partial charge in [0, 0.05) is 38.1 Å². The molecule has 0 spiro atoms. The van der Waals surface area contributed by atoms with Crippen LogP contribution in [-0.4, -0.2) is 54.9 Å². The van der Waals surface area contributed by atoms with Gasteiger partial charge >= 0.3 is 0 Å². The first-order valence-corrected chi connectivity index (χ1v) is 10.2. The van der Waals surface area contributed by atoms with E-state index in [0.717, 1.165) is 55.7 Å². The first kappa shape index (κ1) is 18.6. The summed E-state index contributed by atoms with van der Waals surface area (Å²) in [6.07, 6.45) is 5.31. The number of H-pyrrole nitrogens is 1. The molecule has 1 aliphatic rings. The topological polar surface area (TPSA) is 47.2 Å². The van der Waals surface area contributed by atoms with Crippen LogP contribution in [0.25, 0.3) is 23.1 Å². The van der Waals surface area contributed by atoms with Crippen molar-refractivity contribution in [3.63, 3.8) is 0 Å². The molecule has 1 saturated heterocycles. The summed E-state index contributed by atoms with van der Waals surface area (Å²) in [5, 5.41) is 12.6. The number of nitrogens with zero attached hydrogens (tertiary/aromatic N) is 3. The number of likely N-dealkylation sites (N-methyl/N-ethyl adjacent to an activating group) is 1. The van der Waals surface area contributed by atoms with Crippen LogP contribution in [0.4, 0.5) is 11.4 Å². The molecule has 0 bridgehead atoms. The van der Waals surface area contributed by atoms with Crippen LogP contribution >= 0.6 is 0 Å². The molecule has 5 heteroatoms. The number of hydrogen-bond donors (Lipinski definition) is 2. The Hall–Kier alpha value is -2.79. The molecule has 0 aliphatic carbocycles. The largest absolute Gasteiger partial charge is 0.383 e. The zero-order valence-electron chi connectivity index (χ0n) is 16.8. The van der Waals surface area contributed by atoms with Gasteiger partial charge in [0.25, 0.3) is 0 Å².